The van der Waals surface area contributed by atoms with E-state index in [2.05, 4.69) is 10.3 Å². The highest BCUT2D eigenvalue weighted by atomic mass is 16.5. The van der Waals surface area contributed by atoms with Crippen molar-refractivity contribution in [2.24, 2.45) is 0 Å². The van der Waals surface area contributed by atoms with Crippen molar-refractivity contribution in [3.63, 3.8) is 0 Å². The topological polar surface area (TPSA) is 54.1 Å². The lowest BCUT2D eigenvalue weighted by Gasteiger charge is -2.02. The third kappa shape index (κ3) is 1.54. The summed E-state index contributed by atoms with van der Waals surface area (Å²) in [5.41, 5.74) is 0.950. The van der Waals surface area contributed by atoms with Gasteiger partial charge < -0.3 is 15.0 Å². The molecule has 72 valence electrons. The first-order valence-electron chi connectivity index (χ1n) is 4.26. The van der Waals surface area contributed by atoms with Gasteiger partial charge in [-0.05, 0) is 23.6 Å². The number of hydrogen-bond acceptors (Lipinski definition) is 2. The Labute approximate surface area is 80.9 Å². The minimum absolute atomic E-state index is 0.462. The van der Waals surface area contributed by atoms with Crippen LogP contribution < -0.4 is 10.1 Å². The Bertz CT molecular complexity index is 462. The van der Waals surface area contributed by atoms with Crippen molar-refractivity contribution < 1.29 is 9.53 Å². The minimum atomic E-state index is -0.462. The maximum atomic E-state index is 10.9. The fourth-order valence-electron chi connectivity index (χ4n) is 1.25. The summed E-state index contributed by atoms with van der Waals surface area (Å²) in [6.45, 7) is 0. The maximum absolute atomic E-state index is 10.9. The van der Waals surface area contributed by atoms with Gasteiger partial charge in [-0.25, -0.2) is 4.79 Å². The number of nitrogens with one attached hydrogen (secondary N) is 2. The van der Waals surface area contributed by atoms with Gasteiger partial charge in [0.05, 0.1) is 0 Å². The van der Waals surface area contributed by atoms with Crippen LogP contribution in [0.25, 0.3) is 10.9 Å². The van der Waals surface area contributed by atoms with E-state index >= 15 is 0 Å². The van der Waals surface area contributed by atoms with Gasteiger partial charge in [0, 0.05) is 24.8 Å². The summed E-state index contributed by atoms with van der Waals surface area (Å²) >= 11 is 0. The Morgan fingerprint density at radius 1 is 1.43 bits per heavy atom. The number of rotatable bonds is 1. The van der Waals surface area contributed by atoms with E-state index in [1.54, 1.807) is 12.1 Å². The molecule has 4 heteroatoms. The molecule has 0 saturated heterocycles. The van der Waals surface area contributed by atoms with Gasteiger partial charge in [-0.2, -0.15) is 0 Å². The van der Waals surface area contributed by atoms with Crippen molar-refractivity contribution >= 4 is 17.0 Å². The maximum Gasteiger partial charge on any atom is 0.412 e. The minimum Gasteiger partial charge on any atom is -0.410 e. The first-order chi connectivity index (χ1) is 6.79. The van der Waals surface area contributed by atoms with Crippen molar-refractivity contribution in [2.45, 2.75) is 0 Å². The Morgan fingerprint density at radius 3 is 3.07 bits per heavy atom. The highest BCUT2D eigenvalue weighted by molar-refractivity contribution is 5.81. The third-order valence-electron chi connectivity index (χ3n) is 1.94. The van der Waals surface area contributed by atoms with Crippen LogP contribution >= 0.6 is 0 Å². The molecule has 0 aliphatic heterocycles. The molecule has 2 N–H and O–H groups in total. The average Bonchev–Trinajstić information content (AvgIpc) is 2.64. The standard InChI is InChI=1S/C10H10N2O2/c1-11-10(13)14-8-3-2-7-4-5-12-9(7)6-8/h2-6,12H,1H3,(H,11,13). The molecule has 0 aliphatic rings. The van der Waals surface area contributed by atoms with Crippen LogP contribution in [0.1, 0.15) is 0 Å². The highest BCUT2D eigenvalue weighted by Crippen LogP contribution is 2.19. The van der Waals surface area contributed by atoms with Gasteiger partial charge >= 0.3 is 6.09 Å². The molecule has 2 aromatic rings. The Kier molecular flexibility index (Phi) is 2.10. The monoisotopic (exact) mass is 190 g/mol. The fraction of sp³-hybridized carbons (Fsp3) is 0.100. The van der Waals surface area contributed by atoms with Crippen LogP contribution in [0.15, 0.2) is 30.5 Å². The second-order valence-electron chi connectivity index (χ2n) is 2.87. The molecular formula is C10H10N2O2. The van der Waals surface area contributed by atoms with Gasteiger partial charge in [0.15, 0.2) is 0 Å². The summed E-state index contributed by atoms with van der Waals surface area (Å²) < 4.78 is 4.97. The van der Waals surface area contributed by atoms with Crippen molar-refractivity contribution in [1.82, 2.24) is 10.3 Å². The number of ether oxygens (including phenoxy) is 1. The Balaban J connectivity index is 2.30. The van der Waals surface area contributed by atoms with E-state index in [1.165, 1.54) is 7.05 Å². The zero-order valence-electron chi connectivity index (χ0n) is 7.70. The SMILES string of the molecule is CNC(=O)Oc1ccc2cc[nH]c2c1. The molecule has 0 radical (unpaired) electrons. The lowest BCUT2D eigenvalue weighted by atomic mass is 10.2. The highest BCUT2D eigenvalue weighted by Gasteiger charge is 2.02. The molecule has 0 spiro atoms. The summed E-state index contributed by atoms with van der Waals surface area (Å²) in [4.78, 5) is 14.0. The molecule has 0 fully saturated rings. The summed E-state index contributed by atoms with van der Waals surface area (Å²) in [6.07, 6.45) is 1.38. The predicted octanol–water partition coefficient (Wildman–Crippen LogP) is 1.89. The number of fused-ring (bicyclic) bond motifs is 1. The molecule has 4 nitrogen and oxygen atoms in total. The molecule has 2 rings (SSSR count). The average molecular weight is 190 g/mol. The van der Waals surface area contributed by atoms with E-state index in [4.69, 9.17) is 4.74 Å². The molecule has 0 saturated carbocycles. The van der Waals surface area contributed by atoms with Gasteiger partial charge in [-0.15, -0.1) is 0 Å². The quantitative estimate of drug-likeness (QED) is 0.721. The molecule has 1 heterocycles. The molecular weight excluding hydrogens is 180 g/mol. The van der Waals surface area contributed by atoms with E-state index in [1.807, 2.05) is 18.3 Å². The third-order valence-corrected chi connectivity index (χ3v) is 1.94. The number of aromatic nitrogens is 1. The second-order valence-corrected chi connectivity index (χ2v) is 2.87. The molecule has 1 amide bonds. The van der Waals surface area contributed by atoms with Gasteiger partial charge in [0.1, 0.15) is 5.75 Å². The van der Waals surface area contributed by atoms with Crippen molar-refractivity contribution in [1.29, 1.82) is 0 Å². The molecule has 1 aromatic carbocycles. The Morgan fingerprint density at radius 2 is 2.29 bits per heavy atom. The van der Waals surface area contributed by atoms with E-state index < -0.39 is 6.09 Å². The second kappa shape index (κ2) is 3.41. The van der Waals surface area contributed by atoms with E-state index in [0.717, 1.165) is 10.9 Å². The first kappa shape index (κ1) is 8.62. The number of hydrogen-bond donors (Lipinski definition) is 2. The van der Waals surface area contributed by atoms with Crippen molar-refractivity contribution in [3.8, 4) is 5.75 Å². The van der Waals surface area contributed by atoms with Crippen LogP contribution in [0.3, 0.4) is 0 Å². The summed E-state index contributed by atoms with van der Waals surface area (Å²) in [5.74, 6) is 0.527. The predicted molar refractivity (Wildman–Crippen MR) is 53.4 cm³/mol. The van der Waals surface area contributed by atoms with E-state index in [0.29, 0.717) is 5.75 Å². The number of benzene rings is 1. The normalized spacial score (nSPS) is 10.1. The molecule has 14 heavy (non-hydrogen) atoms. The first-order valence-corrected chi connectivity index (χ1v) is 4.26. The zero-order chi connectivity index (χ0) is 9.97. The lowest BCUT2D eigenvalue weighted by Crippen LogP contribution is -2.21. The van der Waals surface area contributed by atoms with E-state index in [-0.39, 0.29) is 0 Å². The van der Waals surface area contributed by atoms with Crippen LogP contribution in [0.2, 0.25) is 0 Å². The fourth-order valence-corrected chi connectivity index (χ4v) is 1.25. The van der Waals surface area contributed by atoms with Gasteiger partial charge in [0.2, 0.25) is 0 Å². The number of carbonyl (C=O) groups excluding carboxylic acids is 1. The largest absolute Gasteiger partial charge is 0.412 e. The van der Waals surface area contributed by atoms with Crippen molar-refractivity contribution in [2.75, 3.05) is 7.05 Å². The smallest absolute Gasteiger partial charge is 0.410 e. The van der Waals surface area contributed by atoms with Gasteiger partial charge in [-0.3, -0.25) is 0 Å². The van der Waals surface area contributed by atoms with Crippen LogP contribution in [-0.2, 0) is 0 Å². The zero-order valence-corrected chi connectivity index (χ0v) is 7.70. The summed E-state index contributed by atoms with van der Waals surface area (Å²) in [5, 5.41) is 3.48. The Hall–Kier alpha value is -1.97. The number of H-pyrrole nitrogens is 1. The van der Waals surface area contributed by atoms with Gasteiger partial charge in [0.25, 0.3) is 0 Å². The van der Waals surface area contributed by atoms with Crippen LogP contribution in [-0.4, -0.2) is 18.1 Å². The number of amides is 1. The van der Waals surface area contributed by atoms with Crippen LogP contribution in [0.5, 0.6) is 5.75 Å². The molecule has 0 bridgehead atoms. The summed E-state index contributed by atoms with van der Waals surface area (Å²) in [7, 11) is 1.52. The molecule has 0 atom stereocenters. The van der Waals surface area contributed by atoms with E-state index in [9.17, 15) is 4.79 Å². The molecule has 0 aliphatic carbocycles. The number of aromatic amines is 1. The number of carbonyl (C=O) groups is 1. The molecule has 1 aromatic heterocycles. The molecule has 0 unspecified atom stereocenters. The lowest BCUT2D eigenvalue weighted by molar-refractivity contribution is 0.203. The summed E-state index contributed by atoms with van der Waals surface area (Å²) in [6, 6.07) is 7.39. The van der Waals surface area contributed by atoms with Gasteiger partial charge in [-0.1, -0.05) is 0 Å². The van der Waals surface area contributed by atoms with Crippen molar-refractivity contribution in [3.05, 3.63) is 30.5 Å². The van der Waals surface area contributed by atoms with Crippen LogP contribution in [0, 0.1) is 0 Å². The van der Waals surface area contributed by atoms with Crippen LogP contribution in [0.4, 0.5) is 4.79 Å².